The van der Waals surface area contributed by atoms with Gasteiger partial charge in [-0.3, -0.25) is 4.79 Å². The highest BCUT2D eigenvalue weighted by atomic mass is 79.9. The summed E-state index contributed by atoms with van der Waals surface area (Å²) >= 11 is 3.51. The van der Waals surface area contributed by atoms with Crippen LogP contribution in [0.5, 0.6) is 5.75 Å². The first-order chi connectivity index (χ1) is 7.29. The van der Waals surface area contributed by atoms with E-state index < -0.39 is 0 Å². The summed E-state index contributed by atoms with van der Waals surface area (Å²) in [5, 5.41) is 0. The summed E-state index contributed by atoms with van der Waals surface area (Å²) in [6, 6.07) is 3.64. The Bertz CT molecular complexity index is 417. The van der Waals surface area contributed by atoms with Crippen LogP contribution in [0, 0.1) is 0 Å². The summed E-state index contributed by atoms with van der Waals surface area (Å²) in [6.45, 7) is 7.86. The van der Waals surface area contributed by atoms with Gasteiger partial charge in [-0.05, 0) is 40.4 Å². The molecular formula is C13H17BrO2. The van der Waals surface area contributed by atoms with E-state index >= 15 is 0 Å². The van der Waals surface area contributed by atoms with Crippen molar-refractivity contribution in [2.24, 2.45) is 0 Å². The van der Waals surface area contributed by atoms with E-state index in [1.165, 1.54) is 0 Å². The van der Waals surface area contributed by atoms with E-state index in [0.717, 1.165) is 15.8 Å². The van der Waals surface area contributed by atoms with Crippen molar-refractivity contribution in [3.63, 3.8) is 0 Å². The second-order valence-electron chi connectivity index (χ2n) is 4.81. The lowest BCUT2D eigenvalue weighted by Gasteiger charge is -2.24. The van der Waals surface area contributed by atoms with Crippen LogP contribution in [0.4, 0.5) is 0 Å². The van der Waals surface area contributed by atoms with E-state index in [2.05, 4.69) is 36.7 Å². The molecule has 16 heavy (non-hydrogen) atoms. The van der Waals surface area contributed by atoms with Crippen molar-refractivity contribution >= 4 is 21.7 Å². The number of methoxy groups -OCH3 is 1. The Balaban J connectivity index is 3.53. The minimum Gasteiger partial charge on any atom is -0.496 e. The highest BCUT2D eigenvalue weighted by Crippen LogP contribution is 2.39. The van der Waals surface area contributed by atoms with Gasteiger partial charge >= 0.3 is 0 Å². The molecule has 3 heteroatoms. The molecule has 0 amide bonds. The van der Waals surface area contributed by atoms with E-state index in [9.17, 15) is 4.79 Å². The molecule has 0 aliphatic rings. The summed E-state index contributed by atoms with van der Waals surface area (Å²) in [5.41, 5.74) is 1.66. The van der Waals surface area contributed by atoms with Crippen LogP contribution in [0.25, 0.3) is 0 Å². The highest BCUT2D eigenvalue weighted by Gasteiger charge is 2.24. The van der Waals surface area contributed by atoms with E-state index in [-0.39, 0.29) is 11.2 Å². The Morgan fingerprint density at radius 3 is 2.25 bits per heavy atom. The van der Waals surface area contributed by atoms with Crippen LogP contribution in [0.3, 0.4) is 0 Å². The van der Waals surface area contributed by atoms with Crippen LogP contribution in [-0.4, -0.2) is 12.9 Å². The standard InChI is InChI=1S/C13H17BrO2/c1-8(15)9-6-7-10(16-5)11(12(9)14)13(2,3)4/h6-7H,1-5H3. The zero-order chi connectivity index (χ0) is 12.5. The van der Waals surface area contributed by atoms with E-state index in [0.29, 0.717) is 5.56 Å². The number of Topliss-reactive ketones (excluding diaryl/α,β-unsaturated/α-hetero) is 1. The summed E-state index contributed by atoms with van der Waals surface area (Å²) in [4.78, 5) is 11.5. The van der Waals surface area contributed by atoms with Gasteiger partial charge in [-0.25, -0.2) is 0 Å². The number of halogens is 1. The number of carbonyl (C=O) groups is 1. The molecule has 0 radical (unpaired) electrons. The summed E-state index contributed by atoms with van der Waals surface area (Å²) in [6.07, 6.45) is 0. The van der Waals surface area contributed by atoms with Gasteiger partial charge in [-0.2, -0.15) is 0 Å². The number of ketones is 1. The van der Waals surface area contributed by atoms with Gasteiger partial charge in [-0.1, -0.05) is 20.8 Å². The molecule has 0 bridgehead atoms. The molecule has 0 spiro atoms. The molecule has 1 rings (SSSR count). The Morgan fingerprint density at radius 2 is 1.88 bits per heavy atom. The lowest BCUT2D eigenvalue weighted by atomic mass is 9.85. The van der Waals surface area contributed by atoms with Crippen molar-refractivity contribution in [3.05, 3.63) is 27.7 Å². The lowest BCUT2D eigenvalue weighted by molar-refractivity contribution is 0.101. The topological polar surface area (TPSA) is 26.3 Å². The number of hydrogen-bond acceptors (Lipinski definition) is 2. The van der Waals surface area contributed by atoms with Crippen molar-refractivity contribution < 1.29 is 9.53 Å². The maximum atomic E-state index is 11.5. The Kier molecular flexibility index (Phi) is 3.79. The first-order valence-electron chi connectivity index (χ1n) is 5.17. The number of carbonyl (C=O) groups excluding carboxylic acids is 1. The van der Waals surface area contributed by atoms with Crippen LogP contribution in [0.15, 0.2) is 16.6 Å². The van der Waals surface area contributed by atoms with Crippen LogP contribution >= 0.6 is 15.9 Å². The molecule has 0 aliphatic carbocycles. The molecule has 0 unspecified atom stereocenters. The smallest absolute Gasteiger partial charge is 0.160 e. The molecule has 0 aliphatic heterocycles. The average Bonchev–Trinajstić information content (AvgIpc) is 2.14. The van der Waals surface area contributed by atoms with Crippen molar-refractivity contribution in [2.75, 3.05) is 7.11 Å². The maximum Gasteiger partial charge on any atom is 0.160 e. The summed E-state index contributed by atoms with van der Waals surface area (Å²) in [7, 11) is 1.64. The molecule has 0 atom stereocenters. The molecule has 0 heterocycles. The molecule has 0 fully saturated rings. The zero-order valence-electron chi connectivity index (χ0n) is 10.3. The van der Waals surface area contributed by atoms with Gasteiger partial charge in [0.25, 0.3) is 0 Å². The van der Waals surface area contributed by atoms with Gasteiger partial charge in [0.2, 0.25) is 0 Å². The predicted molar refractivity (Wildman–Crippen MR) is 69.4 cm³/mol. The Labute approximate surface area is 105 Å². The summed E-state index contributed by atoms with van der Waals surface area (Å²) < 4.78 is 6.19. The molecule has 0 N–H and O–H groups in total. The van der Waals surface area contributed by atoms with Crippen LogP contribution < -0.4 is 4.74 Å². The van der Waals surface area contributed by atoms with Gasteiger partial charge in [0.15, 0.2) is 5.78 Å². The van der Waals surface area contributed by atoms with Crippen molar-refractivity contribution in [2.45, 2.75) is 33.1 Å². The second-order valence-corrected chi connectivity index (χ2v) is 5.60. The van der Waals surface area contributed by atoms with Gasteiger partial charge in [0.1, 0.15) is 5.75 Å². The number of ether oxygens (including phenoxy) is 1. The van der Waals surface area contributed by atoms with Crippen LogP contribution in [0.2, 0.25) is 0 Å². The van der Waals surface area contributed by atoms with Crippen LogP contribution in [0.1, 0.15) is 43.6 Å². The minimum atomic E-state index is -0.0738. The lowest BCUT2D eigenvalue weighted by Crippen LogP contribution is -2.15. The first kappa shape index (κ1) is 13.2. The largest absolute Gasteiger partial charge is 0.496 e. The normalized spacial score (nSPS) is 11.4. The molecule has 0 saturated carbocycles. The molecule has 1 aromatic rings. The molecule has 0 aromatic heterocycles. The Hall–Kier alpha value is -0.830. The fourth-order valence-corrected chi connectivity index (χ4v) is 2.90. The third-order valence-electron chi connectivity index (χ3n) is 2.45. The van der Waals surface area contributed by atoms with E-state index in [1.54, 1.807) is 20.1 Å². The molecule has 2 nitrogen and oxygen atoms in total. The number of rotatable bonds is 2. The van der Waals surface area contributed by atoms with E-state index in [4.69, 9.17) is 4.74 Å². The SMILES string of the molecule is COc1ccc(C(C)=O)c(Br)c1C(C)(C)C. The van der Waals surface area contributed by atoms with Crippen molar-refractivity contribution in [1.82, 2.24) is 0 Å². The molecule has 0 saturated heterocycles. The highest BCUT2D eigenvalue weighted by molar-refractivity contribution is 9.10. The number of hydrogen-bond donors (Lipinski definition) is 0. The van der Waals surface area contributed by atoms with Gasteiger partial charge in [0.05, 0.1) is 7.11 Å². The van der Waals surface area contributed by atoms with E-state index in [1.807, 2.05) is 6.07 Å². The quantitative estimate of drug-likeness (QED) is 0.769. The number of benzene rings is 1. The molecular weight excluding hydrogens is 268 g/mol. The van der Waals surface area contributed by atoms with Gasteiger partial charge in [0, 0.05) is 15.6 Å². The monoisotopic (exact) mass is 284 g/mol. The molecule has 88 valence electrons. The van der Waals surface area contributed by atoms with Crippen LogP contribution in [-0.2, 0) is 5.41 Å². The maximum absolute atomic E-state index is 11.5. The second kappa shape index (κ2) is 4.58. The fraction of sp³-hybridized carbons (Fsp3) is 0.462. The Morgan fingerprint density at radius 1 is 1.31 bits per heavy atom. The minimum absolute atomic E-state index is 0.0556. The average molecular weight is 285 g/mol. The van der Waals surface area contributed by atoms with Gasteiger partial charge in [-0.15, -0.1) is 0 Å². The molecule has 1 aromatic carbocycles. The predicted octanol–water partition coefficient (Wildman–Crippen LogP) is 3.96. The van der Waals surface area contributed by atoms with Gasteiger partial charge < -0.3 is 4.74 Å². The fourth-order valence-electron chi connectivity index (χ4n) is 1.70. The summed E-state index contributed by atoms with van der Waals surface area (Å²) in [5.74, 6) is 0.865. The van der Waals surface area contributed by atoms with Crippen molar-refractivity contribution in [3.8, 4) is 5.75 Å². The third-order valence-corrected chi connectivity index (χ3v) is 3.28. The third kappa shape index (κ3) is 2.46. The van der Waals surface area contributed by atoms with Crippen molar-refractivity contribution in [1.29, 1.82) is 0 Å². The first-order valence-corrected chi connectivity index (χ1v) is 5.96. The zero-order valence-corrected chi connectivity index (χ0v) is 11.9.